The van der Waals surface area contributed by atoms with Gasteiger partial charge >= 0.3 is 0 Å². The van der Waals surface area contributed by atoms with Crippen molar-refractivity contribution in [1.29, 1.82) is 0 Å². The van der Waals surface area contributed by atoms with Crippen molar-refractivity contribution in [2.24, 2.45) is 39.5 Å². The van der Waals surface area contributed by atoms with E-state index in [-0.39, 0.29) is 5.41 Å². The molecule has 0 saturated heterocycles. The van der Waals surface area contributed by atoms with Gasteiger partial charge in [0.1, 0.15) is 28.2 Å². The fourth-order valence-electron chi connectivity index (χ4n) is 16.9. The first-order valence-corrected chi connectivity index (χ1v) is 41.6. The maximum absolute atomic E-state index is 4.76. The molecular formula is C109H118N8+4. The smallest absolute Gasteiger partial charge is 0.213 e. The van der Waals surface area contributed by atoms with E-state index in [0.29, 0.717) is 11.8 Å². The first-order valence-electron chi connectivity index (χ1n) is 41.6. The summed E-state index contributed by atoms with van der Waals surface area (Å²) in [6.45, 7) is 43.9. The zero-order valence-corrected chi connectivity index (χ0v) is 73.7. The summed E-state index contributed by atoms with van der Waals surface area (Å²) in [5.74, 6) is 1.06. The second-order valence-electron chi connectivity index (χ2n) is 34.8. The molecule has 0 N–H and O–H groups in total. The molecule has 0 unspecified atom stereocenters. The van der Waals surface area contributed by atoms with Crippen LogP contribution in [0.3, 0.4) is 0 Å². The largest absolute Gasteiger partial charge is 0.261 e. The van der Waals surface area contributed by atoms with Crippen molar-refractivity contribution >= 4 is 43.6 Å². The lowest BCUT2D eigenvalue weighted by Crippen LogP contribution is -2.32. The third-order valence-corrected chi connectivity index (χ3v) is 23.7. The van der Waals surface area contributed by atoms with Gasteiger partial charge in [0.15, 0.2) is 0 Å². The van der Waals surface area contributed by atoms with Crippen LogP contribution in [-0.2, 0) is 41.0 Å². The van der Waals surface area contributed by atoms with Crippen LogP contribution in [-0.4, -0.2) is 19.9 Å². The van der Waals surface area contributed by atoms with Crippen molar-refractivity contribution in [2.75, 3.05) is 0 Å². The molecule has 0 radical (unpaired) electrons. The minimum atomic E-state index is 0.240. The Bertz CT molecular complexity index is 6400. The van der Waals surface area contributed by atoms with Gasteiger partial charge in [0.2, 0.25) is 44.8 Å². The number of aryl methyl sites for hydroxylation is 13. The van der Waals surface area contributed by atoms with Crippen LogP contribution in [0.15, 0.2) is 243 Å². The molecule has 0 aliphatic heterocycles. The SMILES string of the molecule is Cc1cc(C)c(C)c(-c2ccc3c(-c4ccc(C(C)C)nc4)cccc3[n+]2C)c1.Cc1cc(C)c(C)c(-c2ccc3c(-c4ccc(C)nc4)cccc3[n+]2C)c1.Cc1cc(C)c(C)c(-c2ccc3c(-c4ccc(CC(C)(C)C)nc4)cccc3[n+]2C)c1.Cc1cc(C)c(C)c(-c2ccc3c(-c4ccc(CC(C)C)nc4)cccc3[n+]2C)c1. The van der Waals surface area contributed by atoms with Gasteiger partial charge in [0.25, 0.3) is 0 Å². The molecule has 0 amide bonds. The number of fused-ring (bicyclic) bond motifs is 4. The lowest BCUT2D eigenvalue weighted by atomic mass is 9.90. The molecule has 590 valence electrons. The number of pyridine rings is 8. The van der Waals surface area contributed by atoms with E-state index in [1.807, 2.05) is 31.7 Å². The van der Waals surface area contributed by atoms with E-state index in [9.17, 15) is 0 Å². The number of nitrogens with zero attached hydrogens (tertiary/aromatic N) is 8. The Morgan fingerprint density at radius 3 is 0.838 bits per heavy atom. The van der Waals surface area contributed by atoms with Crippen LogP contribution in [0.2, 0.25) is 0 Å². The first-order chi connectivity index (χ1) is 55.8. The predicted octanol–water partition coefficient (Wildman–Crippen LogP) is 25.5. The first kappa shape index (κ1) is 83.0. The molecule has 117 heavy (non-hydrogen) atoms. The van der Waals surface area contributed by atoms with Gasteiger partial charge in [-0.3, -0.25) is 19.9 Å². The molecule has 8 aromatic heterocycles. The lowest BCUT2D eigenvalue weighted by Gasteiger charge is -2.17. The van der Waals surface area contributed by atoms with E-state index in [4.69, 9.17) is 9.97 Å². The summed E-state index contributed by atoms with van der Waals surface area (Å²) in [5, 5.41) is 5.00. The van der Waals surface area contributed by atoms with Crippen molar-refractivity contribution < 1.29 is 18.3 Å². The third kappa shape index (κ3) is 18.0. The average Bonchev–Trinajstić information content (AvgIpc) is 0.779. The third-order valence-electron chi connectivity index (χ3n) is 23.7. The Hall–Kier alpha value is -12.0. The molecule has 8 aromatic carbocycles. The number of aromatic nitrogens is 8. The second-order valence-corrected chi connectivity index (χ2v) is 34.8. The highest BCUT2D eigenvalue weighted by atomic mass is 15.0. The molecule has 16 rings (SSSR count). The summed E-state index contributed by atoms with van der Waals surface area (Å²) < 4.78 is 9.26. The maximum atomic E-state index is 4.76. The molecule has 8 nitrogen and oxygen atoms in total. The Labute approximate surface area is 696 Å². The van der Waals surface area contributed by atoms with E-state index >= 15 is 0 Å². The monoisotopic (exact) mass is 1540 g/mol. The fraction of sp³-hybridized carbons (Fsp3) is 0.266. The molecule has 0 aliphatic rings. The predicted molar refractivity (Wildman–Crippen MR) is 493 cm³/mol. The Morgan fingerprint density at radius 1 is 0.291 bits per heavy atom. The highest BCUT2D eigenvalue weighted by molar-refractivity contribution is 5.97. The van der Waals surface area contributed by atoms with E-state index in [1.54, 1.807) is 0 Å². The quantitative estimate of drug-likeness (QED) is 0.114. The van der Waals surface area contributed by atoms with Gasteiger partial charge in [-0.05, 0) is 260 Å². The van der Waals surface area contributed by atoms with E-state index in [0.717, 1.165) is 46.7 Å². The van der Waals surface area contributed by atoms with Crippen LogP contribution < -0.4 is 18.3 Å². The van der Waals surface area contributed by atoms with Crippen LogP contribution in [0.1, 0.15) is 144 Å². The van der Waals surface area contributed by atoms with Crippen LogP contribution in [0, 0.1) is 101 Å². The van der Waals surface area contributed by atoms with Gasteiger partial charge in [0.05, 0.1) is 21.5 Å². The number of benzene rings is 8. The van der Waals surface area contributed by atoms with Crippen molar-refractivity contribution in [3.63, 3.8) is 0 Å². The van der Waals surface area contributed by atoms with Crippen LogP contribution >= 0.6 is 0 Å². The van der Waals surface area contributed by atoms with Crippen LogP contribution in [0.4, 0.5) is 0 Å². The number of hydrogen-bond donors (Lipinski definition) is 0. The van der Waals surface area contributed by atoms with Gasteiger partial charge in [-0.25, -0.2) is 0 Å². The topological polar surface area (TPSA) is 67.1 Å². The normalized spacial score (nSPS) is 11.5. The molecular weight excluding hydrogens is 1420 g/mol. The van der Waals surface area contributed by atoms with Gasteiger partial charge < -0.3 is 0 Å². The zero-order valence-electron chi connectivity index (χ0n) is 73.7. The Kier molecular flexibility index (Phi) is 24.7. The van der Waals surface area contributed by atoms with Gasteiger partial charge in [-0.2, -0.15) is 18.3 Å². The van der Waals surface area contributed by atoms with Crippen LogP contribution in [0.25, 0.3) is 133 Å². The molecule has 0 spiro atoms. The maximum Gasteiger partial charge on any atom is 0.213 e. The van der Waals surface area contributed by atoms with Gasteiger partial charge in [0, 0.05) is 141 Å². The molecule has 8 heteroatoms. The highest BCUT2D eigenvalue weighted by Crippen LogP contribution is 2.38. The Morgan fingerprint density at radius 2 is 0.581 bits per heavy atom. The number of rotatable bonds is 12. The summed E-state index contributed by atoms with van der Waals surface area (Å²) in [6.07, 6.45) is 10.0. The lowest BCUT2D eigenvalue weighted by molar-refractivity contribution is -0.633. The molecule has 0 fully saturated rings. The minimum Gasteiger partial charge on any atom is -0.261 e. The standard InChI is InChI=1S/C29H33N2.C28H31N2.C27H29N2.C25H25N2/c1-19-15-20(2)21(3)26(16-19)28-14-13-25-24(9-8-10-27(25)31(28)7)22-11-12-23(30-18-22)17-29(4,5)6;1-18(2)14-23-11-10-22(17-29-23)24-8-7-9-27-25(24)12-13-28(30(27)6)26-16-19(3)15-20(4)21(26)5;1-17(2)25-12-10-21(16-28-25)22-8-7-9-26-23(22)11-13-27(29(26)6)24-15-18(3)14-19(4)20(24)5;1-16-13-17(2)19(4)23(14-16)25-12-11-22-21(7-6-8-24(22)27(25)5)20-10-9-18(3)26-15-20/h8-16,18H,17H2,1-7H3;7-13,15-18H,14H2,1-6H3;7-17H,1-6H3;6-15H,1-5H3/q4*+1. The Balaban J connectivity index is 0.000000136. The average molecular weight is 1540 g/mol. The molecule has 0 aliphatic carbocycles. The second kappa shape index (κ2) is 34.8. The summed E-state index contributed by atoms with van der Waals surface area (Å²) in [5.41, 5.74) is 45.3. The highest BCUT2D eigenvalue weighted by Gasteiger charge is 2.25. The van der Waals surface area contributed by atoms with Gasteiger partial charge in [-0.15, -0.1) is 0 Å². The summed E-state index contributed by atoms with van der Waals surface area (Å²) in [6, 6.07) is 79.7. The zero-order chi connectivity index (χ0) is 83.6. The molecule has 8 heterocycles. The van der Waals surface area contributed by atoms with E-state index in [2.05, 4.69) is 406 Å². The van der Waals surface area contributed by atoms with E-state index in [1.165, 1.54) is 189 Å². The summed E-state index contributed by atoms with van der Waals surface area (Å²) in [7, 11) is 8.66. The van der Waals surface area contributed by atoms with Crippen molar-refractivity contribution in [2.45, 2.75) is 157 Å². The van der Waals surface area contributed by atoms with Crippen LogP contribution in [0.5, 0.6) is 0 Å². The number of hydrogen-bond acceptors (Lipinski definition) is 4. The molecule has 0 saturated carbocycles. The van der Waals surface area contributed by atoms with Gasteiger partial charge in [-0.1, -0.05) is 168 Å². The minimum absolute atomic E-state index is 0.240. The molecule has 0 bridgehead atoms. The molecule has 0 atom stereocenters. The fourth-order valence-corrected chi connectivity index (χ4v) is 16.9. The summed E-state index contributed by atoms with van der Waals surface area (Å²) in [4.78, 5) is 18.6. The van der Waals surface area contributed by atoms with Crippen molar-refractivity contribution in [3.05, 3.63) is 333 Å². The summed E-state index contributed by atoms with van der Waals surface area (Å²) >= 11 is 0. The molecule has 16 aromatic rings. The van der Waals surface area contributed by atoms with E-state index < -0.39 is 0 Å². The van der Waals surface area contributed by atoms with Crippen molar-refractivity contribution in [1.82, 2.24) is 19.9 Å². The van der Waals surface area contributed by atoms with Crippen molar-refractivity contribution in [3.8, 4) is 89.5 Å².